The van der Waals surface area contributed by atoms with Gasteiger partial charge in [0.1, 0.15) is 11.5 Å². The van der Waals surface area contributed by atoms with Gasteiger partial charge >= 0.3 is 6.18 Å². The molecule has 37 heavy (non-hydrogen) atoms. The van der Waals surface area contributed by atoms with Crippen LogP contribution in [0.1, 0.15) is 31.2 Å². The van der Waals surface area contributed by atoms with Gasteiger partial charge < -0.3 is 15.1 Å². The van der Waals surface area contributed by atoms with Crippen LogP contribution in [0, 0.1) is 0 Å². The van der Waals surface area contributed by atoms with Crippen molar-refractivity contribution in [3.05, 3.63) is 48.2 Å². The highest BCUT2D eigenvalue weighted by Crippen LogP contribution is 2.30. The van der Waals surface area contributed by atoms with Gasteiger partial charge in [0.05, 0.1) is 16.7 Å². The highest BCUT2D eigenvalue weighted by molar-refractivity contribution is 7.80. The first-order valence-electron chi connectivity index (χ1n) is 12.5. The Morgan fingerprint density at radius 2 is 1.68 bits per heavy atom. The van der Waals surface area contributed by atoms with Gasteiger partial charge in [-0.15, -0.1) is 5.23 Å². The Kier molecular flexibility index (Phi) is 9.06. The topological polar surface area (TPSA) is 78.3 Å². The van der Waals surface area contributed by atoms with Crippen LogP contribution in [0.2, 0.25) is 0 Å². The van der Waals surface area contributed by atoms with Crippen molar-refractivity contribution >= 4 is 34.4 Å². The van der Waals surface area contributed by atoms with E-state index in [0.717, 1.165) is 94.3 Å². The molecule has 0 radical (unpaired) electrons. The lowest BCUT2D eigenvalue weighted by atomic mass is 10.0. The van der Waals surface area contributed by atoms with Crippen molar-refractivity contribution < 1.29 is 23.6 Å². The number of likely N-dealkylation sites (tertiary alicyclic amines) is 1. The molecule has 0 saturated carbocycles. The Morgan fingerprint density at radius 3 is 2.24 bits per heavy atom. The molecule has 202 valence electrons. The summed E-state index contributed by atoms with van der Waals surface area (Å²) in [5, 5.41) is 21.5. The van der Waals surface area contributed by atoms with Crippen LogP contribution in [0.4, 0.5) is 30.4 Å². The molecule has 2 aliphatic heterocycles. The molecule has 0 bridgehead atoms. The van der Waals surface area contributed by atoms with Crippen LogP contribution in [0.15, 0.2) is 42.6 Å². The first-order chi connectivity index (χ1) is 17.7. The average Bonchev–Trinajstić information content (AvgIpc) is 2.89. The Labute approximate surface area is 220 Å². The molecular formula is C25H33F3N6O2S. The maximum atomic E-state index is 12.8. The molecule has 3 N–H and O–H groups in total. The normalized spacial score (nSPS) is 17.6. The molecule has 0 aliphatic carbocycles. The zero-order valence-electron chi connectivity index (χ0n) is 20.6. The first kappa shape index (κ1) is 27.4. The van der Waals surface area contributed by atoms with E-state index in [1.165, 1.54) is 6.20 Å². The molecule has 1 aromatic carbocycles. The van der Waals surface area contributed by atoms with E-state index in [-0.39, 0.29) is 17.0 Å². The molecule has 2 aliphatic rings. The van der Waals surface area contributed by atoms with Gasteiger partial charge in [0.2, 0.25) is 0 Å². The number of nitrogens with one attached hydrogen (secondary N) is 1. The van der Waals surface area contributed by atoms with E-state index in [9.17, 15) is 13.2 Å². The summed E-state index contributed by atoms with van der Waals surface area (Å²) in [5.41, 5.74) is 0.421. The number of anilines is 3. The van der Waals surface area contributed by atoms with Crippen LogP contribution in [0.3, 0.4) is 0 Å². The number of alkyl halides is 3. The summed E-state index contributed by atoms with van der Waals surface area (Å²) < 4.78 is 38.4. The van der Waals surface area contributed by atoms with Crippen LogP contribution in [0.5, 0.6) is 0 Å². The molecular weight excluding hydrogens is 505 g/mol. The number of hydrogen-bond acceptors (Lipinski definition) is 8. The molecule has 1 aromatic heterocycles. The zero-order valence-corrected chi connectivity index (χ0v) is 21.4. The number of thiocarbonyl (C=S) groups is 1. The largest absolute Gasteiger partial charge is 0.416 e. The number of piperazine rings is 1. The summed E-state index contributed by atoms with van der Waals surface area (Å²) in [6, 6.07) is 9.00. The predicted octanol–water partition coefficient (Wildman–Crippen LogP) is 4.49. The smallest absolute Gasteiger partial charge is 0.369 e. The Hall–Kier alpha value is -2.67. The summed E-state index contributed by atoms with van der Waals surface area (Å²) in [7, 11) is 0. The lowest BCUT2D eigenvalue weighted by molar-refractivity contribution is -0.137. The average molecular weight is 539 g/mol. The molecule has 8 nitrogen and oxygen atoms in total. The third-order valence-electron chi connectivity index (χ3n) is 6.98. The SMILES string of the molecule is ON(O)c1ccc(NC2CCN(C(=S)CCCN3CCN(c4ccc(C(F)(F)F)cc4)CC3)CC2)nc1. The Bertz CT molecular complexity index is 1010. The number of rotatable bonds is 8. The first-order valence-corrected chi connectivity index (χ1v) is 12.9. The van der Waals surface area contributed by atoms with Crippen molar-refractivity contribution in [1.82, 2.24) is 14.8 Å². The number of piperidine rings is 1. The van der Waals surface area contributed by atoms with Crippen LogP contribution >= 0.6 is 12.2 Å². The van der Waals surface area contributed by atoms with Crippen LogP contribution in [-0.2, 0) is 6.18 Å². The minimum atomic E-state index is -4.30. The van der Waals surface area contributed by atoms with Crippen LogP contribution < -0.4 is 15.4 Å². The van der Waals surface area contributed by atoms with Crippen molar-refractivity contribution in [3.63, 3.8) is 0 Å². The lowest BCUT2D eigenvalue weighted by Crippen LogP contribution is -2.47. The molecule has 0 unspecified atom stereocenters. The molecule has 4 rings (SSSR count). The molecule has 2 aromatic rings. The van der Waals surface area contributed by atoms with Crippen molar-refractivity contribution in [3.8, 4) is 0 Å². The second-order valence-electron chi connectivity index (χ2n) is 9.47. The van der Waals surface area contributed by atoms with E-state index in [4.69, 9.17) is 22.6 Å². The maximum absolute atomic E-state index is 12.8. The fourth-order valence-electron chi connectivity index (χ4n) is 4.78. The number of pyridine rings is 1. The third kappa shape index (κ3) is 7.67. The molecule has 12 heteroatoms. The van der Waals surface area contributed by atoms with E-state index in [1.807, 2.05) is 0 Å². The number of hydrogen-bond donors (Lipinski definition) is 3. The van der Waals surface area contributed by atoms with Gasteiger partial charge in [0.25, 0.3) is 0 Å². The second-order valence-corrected chi connectivity index (χ2v) is 9.94. The minimum Gasteiger partial charge on any atom is -0.369 e. The standard InChI is InChI=1S/C25H33F3N6O2S/c26-25(27,28)19-3-5-21(6-4-19)32-16-14-31(15-17-32)11-1-2-24(37)33-12-9-20(10-13-33)30-23-8-7-22(18-29-23)34(35)36/h3-8,18,20,35-36H,1-2,9-17H2,(H,29,30). The van der Waals surface area contributed by atoms with Crippen molar-refractivity contribution in [2.75, 3.05) is 61.3 Å². The van der Waals surface area contributed by atoms with Crippen LogP contribution in [-0.4, -0.2) is 82.0 Å². The highest BCUT2D eigenvalue weighted by Gasteiger charge is 2.30. The molecule has 0 amide bonds. The monoisotopic (exact) mass is 538 g/mol. The van der Waals surface area contributed by atoms with Crippen molar-refractivity contribution in [1.29, 1.82) is 0 Å². The highest BCUT2D eigenvalue weighted by atomic mass is 32.1. The van der Waals surface area contributed by atoms with Gasteiger partial charge in [0.15, 0.2) is 0 Å². The fourth-order valence-corrected chi connectivity index (χ4v) is 5.10. The molecule has 2 fully saturated rings. The predicted molar refractivity (Wildman–Crippen MR) is 140 cm³/mol. The molecule has 2 saturated heterocycles. The number of aromatic nitrogens is 1. The second kappa shape index (κ2) is 12.2. The van der Waals surface area contributed by atoms with Crippen molar-refractivity contribution in [2.45, 2.75) is 37.9 Å². The maximum Gasteiger partial charge on any atom is 0.416 e. The van der Waals surface area contributed by atoms with Gasteiger partial charge in [-0.05, 0) is 68.6 Å². The van der Waals surface area contributed by atoms with Gasteiger partial charge in [-0.3, -0.25) is 15.3 Å². The fraction of sp³-hybridized carbons (Fsp3) is 0.520. The quantitative estimate of drug-likeness (QED) is 0.333. The van der Waals surface area contributed by atoms with E-state index in [1.54, 1.807) is 24.3 Å². The van der Waals surface area contributed by atoms with E-state index >= 15 is 0 Å². The molecule has 0 spiro atoms. The molecule has 3 heterocycles. The van der Waals surface area contributed by atoms with Gasteiger partial charge in [0, 0.05) is 51.0 Å². The third-order valence-corrected chi connectivity index (χ3v) is 7.44. The van der Waals surface area contributed by atoms with Gasteiger partial charge in [-0.1, -0.05) is 12.2 Å². The van der Waals surface area contributed by atoms with Gasteiger partial charge in [-0.25, -0.2) is 4.98 Å². The summed E-state index contributed by atoms with van der Waals surface area (Å²) in [6.45, 7) is 6.10. The summed E-state index contributed by atoms with van der Waals surface area (Å²) in [5.74, 6) is 0.699. The molecule has 0 atom stereocenters. The summed E-state index contributed by atoms with van der Waals surface area (Å²) in [6.07, 6.45) is 0.833. The zero-order chi connectivity index (χ0) is 26.4. The number of halogens is 3. The minimum absolute atomic E-state index is 0.0412. The lowest BCUT2D eigenvalue weighted by Gasteiger charge is -2.37. The van der Waals surface area contributed by atoms with Gasteiger partial charge in [-0.2, -0.15) is 13.2 Å². The van der Waals surface area contributed by atoms with E-state index in [0.29, 0.717) is 5.82 Å². The van der Waals surface area contributed by atoms with E-state index < -0.39 is 11.7 Å². The number of benzene rings is 1. The number of nitrogens with zero attached hydrogens (tertiary/aromatic N) is 5. The Morgan fingerprint density at radius 1 is 1.00 bits per heavy atom. The summed E-state index contributed by atoms with van der Waals surface area (Å²) >= 11 is 5.70. The Balaban J connectivity index is 1.11. The van der Waals surface area contributed by atoms with Crippen molar-refractivity contribution in [2.24, 2.45) is 0 Å². The summed E-state index contributed by atoms with van der Waals surface area (Å²) in [4.78, 5) is 12.0. The van der Waals surface area contributed by atoms with E-state index in [2.05, 4.69) is 25.0 Å². The van der Waals surface area contributed by atoms with Crippen LogP contribution in [0.25, 0.3) is 0 Å².